The molecule has 0 unspecified atom stereocenters. The van der Waals surface area contributed by atoms with E-state index in [1.54, 1.807) is 38.4 Å². The SMILES string of the molecule is CC(C)OC(=O)Cc1cccc(CN(Cc2ccc(-c3ncccn3)cc2)S(=O)(=O)c2cccnc2)c1. The molecule has 37 heavy (non-hydrogen) atoms. The lowest BCUT2D eigenvalue weighted by atomic mass is 10.1. The highest BCUT2D eigenvalue weighted by atomic mass is 32.2. The fourth-order valence-corrected chi connectivity index (χ4v) is 5.18. The maximum atomic E-state index is 13.6. The van der Waals surface area contributed by atoms with Crippen molar-refractivity contribution >= 4 is 16.0 Å². The van der Waals surface area contributed by atoms with Gasteiger partial charge >= 0.3 is 5.97 Å². The highest BCUT2D eigenvalue weighted by molar-refractivity contribution is 7.89. The lowest BCUT2D eigenvalue weighted by molar-refractivity contribution is -0.146. The van der Waals surface area contributed by atoms with Gasteiger partial charge in [0.2, 0.25) is 10.0 Å². The van der Waals surface area contributed by atoms with E-state index >= 15 is 0 Å². The monoisotopic (exact) mass is 516 g/mol. The quantitative estimate of drug-likeness (QED) is 0.288. The second-order valence-electron chi connectivity index (χ2n) is 8.77. The van der Waals surface area contributed by atoms with Crippen LogP contribution in [-0.2, 0) is 39.1 Å². The van der Waals surface area contributed by atoms with Crippen LogP contribution in [0.15, 0.2) is 96.4 Å². The van der Waals surface area contributed by atoms with Crippen LogP contribution in [0.1, 0.15) is 30.5 Å². The first-order valence-electron chi connectivity index (χ1n) is 11.8. The van der Waals surface area contributed by atoms with Gasteiger partial charge in [0.15, 0.2) is 5.82 Å². The van der Waals surface area contributed by atoms with Gasteiger partial charge in [-0.25, -0.2) is 18.4 Å². The van der Waals surface area contributed by atoms with Crippen LogP contribution in [0.4, 0.5) is 0 Å². The van der Waals surface area contributed by atoms with Gasteiger partial charge in [-0.15, -0.1) is 0 Å². The van der Waals surface area contributed by atoms with E-state index in [1.165, 1.54) is 22.8 Å². The number of carbonyl (C=O) groups is 1. The van der Waals surface area contributed by atoms with Crippen LogP contribution in [0.2, 0.25) is 0 Å². The van der Waals surface area contributed by atoms with E-state index in [2.05, 4.69) is 15.0 Å². The molecule has 0 saturated heterocycles. The second-order valence-corrected chi connectivity index (χ2v) is 10.7. The van der Waals surface area contributed by atoms with Gasteiger partial charge in [0, 0.05) is 43.4 Å². The van der Waals surface area contributed by atoms with Gasteiger partial charge in [-0.05, 0) is 48.7 Å². The fourth-order valence-electron chi connectivity index (χ4n) is 3.80. The molecule has 0 aliphatic heterocycles. The first kappa shape index (κ1) is 26.1. The largest absolute Gasteiger partial charge is 0.463 e. The molecule has 2 aromatic carbocycles. The third kappa shape index (κ3) is 7.05. The Morgan fingerprint density at radius 1 is 0.865 bits per heavy atom. The summed E-state index contributed by atoms with van der Waals surface area (Å²) >= 11 is 0. The van der Waals surface area contributed by atoms with Crippen molar-refractivity contribution in [1.29, 1.82) is 0 Å². The number of carbonyl (C=O) groups excluding carboxylic acids is 1. The molecule has 2 heterocycles. The molecule has 0 radical (unpaired) electrons. The molecule has 0 spiro atoms. The average Bonchev–Trinajstić information content (AvgIpc) is 2.89. The molecule has 0 aliphatic carbocycles. The Balaban J connectivity index is 1.60. The number of ether oxygens (including phenoxy) is 1. The lowest BCUT2D eigenvalue weighted by Crippen LogP contribution is -2.30. The van der Waals surface area contributed by atoms with Gasteiger partial charge in [0.25, 0.3) is 0 Å². The zero-order valence-corrected chi connectivity index (χ0v) is 21.5. The third-order valence-corrected chi connectivity index (χ3v) is 7.25. The number of hydrogen-bond acceptors (Lipinski definition) is 7. The van der Waals surface area contributed by atoms with E-state index in [1.807, 2.05) is 48.5 Å². The number of rotatable bonds is 10. The summed E-state index contributed by atoms with van der Waals surface area (Å²) in [6, 6.07) is 19.7. The van der Waals surface area contributed by atoms with Gasteiger partial charge in [-0.2, -0.15) is 4.31 Å². The summed E-state index contributed by atoms with van der Waals surface area (Å²) < 4.78 is 33.9. The van der Waals surface area contributed by atoms with Crippen molar-refractivity contribution < 1.29 is 17.9 Å². The zero-order valence-electron chi connectivity index (χ0n) is 20.7. The van der Waals surface area contributed by atoms with Crippen molar-refractivity contribution in [2.45, 2.75) is 44.4 Å². The Kier molecular flexibility index (Phi) is 8.37. The van der Waals surface area contributed by atoms with Crippen molar-refractivity contribution in [3.63, 3.8) is 0 Å². The number of pyridine rings is 1. The fraction of sp³-hybridized carbons (Fsp3) is 0.214. The van der Waals surface area contributed by atoms with Crippen LogP contribution >= 0.6 is 0 Å². The summed E-state index contributed by atoms with van der Waals surface area (Å²) in [5.41, 5.74) is 3.17. The van der Waals surface area contributed by atoms with Crippen molar-refractivity contribution in [2.75, 3.05) is 0 Å². The summed E-state index contributed by atoms with van der Waals surface area (Å²) in [7, 11) is -3.86. The summed E-state index contributed by atoms with van der Waals surface area (Å²) in [6.45, 7) is 3.87. The Labute approximate surface area is 217 Å². The van der Waals surface area contributed by atoms with Crippen molar-refractivity contribution in [3.05, 3.63) is 108 Å². The summed E-state index contributed by atoms with van der Waals surface area (Å²) in [5.74, 6) is 0.274. The van der Waals surface area contributed by atoms with E-state index < -0.39 is 10.0 Å². The molecule has 8 nitrogen and oxygen atoms in total. The molecule has 4 rings (SSSR count). The molecule has 0 atom stereocenters. The number of benzene rings is 2. The molecule has 4 aromatic rings. The lowest BCUT2D eigenvalue weighted by Gasteiger charge is -2.23. The van der Waals surface area contributed by atoms with Crippen LogP contribution < -0.4 is 0 Å². The van der Waals surface area contributed by atoms with E-state index in [0.717, 1.165) is 22.3 Å². The molecule has 0 fully saturated rings. The Bertz CT molecular complexity index is 1430. The molecular formula is C28H28N4O4S. The Morgan fingerprint density at radius 2 is 1.57 bits per heavy atom. The van der Waals surface area contributed by atoms with Gasteiger partial charge in [0.1, 0.15) is 4.90 Å². The van der Waals surface area contributed by atoms with Gasteiger partial charge in [-0.3, -0.25) is 9.78 Å². The van der Waals surface area contributed by atoms with Crippen LogP contribution in [0.5, 0.6) is 0 Å². The highest BCUT2D eigenvalue weighted by Gasteiger charge is 2.25. The first-order valence-corrected chi connectivity index (χ1v) is 13.3. The molecule has 2 aromatic heterocycles. The average molecular weight is 517 g/mol. The molecule has 0 aliphatic rings. The second kappa shape index (κ2) is 11.9. The Hall–Kier alpha value is -3.95. The minimum Gasteiger partial charge on any atom is -0.463 e. The van der Waals surface area contributed by atoms with Gasteiger partial charge < -0.3 is 4.74 Å². The molecular weight excluding hydrogens is 488 g/mol. The maximum Gasteiger partial charge on any atom is 0.310 e. The van der Waals surface area contributed by atoms with Crippen molar-refractivity contribution in [1.82, 2.24) is 19.3 Å². The topological polar surface area (TPSA) is 102 Å². The normalized spacial score (nSPS) is 11.6. The standard InChI is InChI=1S/C28H28N4O4S/c1-21(2)36-27(33)17-23-6-3-7-24(16-23)20-32(37(34,35)26-8-4-13-29-18-26)19-22-9-11-25(12-10-22)28-30-14-5-15-31-28/h3-16,18,21H,17,19-20H2,1-2H3. The van der Waals surface area contributed by atoms with E-state index in [-0.39, 0.29) is 36.5 Å². The molecule has 9 heteroatoms. The van der Waals surface area contributed by atoms with Crippen LogP contribution in [-0.4, -0.2) is 39.7 Å². The van der Waals surface area contributed by atoms with E-state index in [0.29, 0.717) is 5.82 Å². The third-order valence-electron chi connectivity index (χ3n) is 5.47. The molecule has 0 bridgehead atoms. The maximum absolute atomic E-state index is 13.6. The van der Waals surface area contributed by atoms with E-state index in [4.69, 9.17) is 4.74 Å². The smallest absolute Gasteiger partial charge is 0.310 e. The van der Waals surface area contributed by atoms with Gasteiger partial charge in [0.05, 0.1) is 12.5 Å². The summed E-state index contributed by atoms with van der Waals surface area (Å²) in [5, 5.41) is 0. The predicted octanol–water partition coefficient (Wildman–Crippen LogP) is 4.42. The van der Waals surface area contributed by atoms with Crippen LogP contribution in [0.3, 0.4) is 0 Å². The number of hydrogen-bond donors (Lipinski definition) is 0. The number of nitrogens with zero attached hydrogens (tertiary/aromatic N) is 4. The summed E-state index contributed by atoms with van der Waals surface area (Å²) in [4.78, 5) is 24.8. The van der Waals surface area contributed by atoms with Crippen LogP contribution in [0.25, 0.3) is 11.4 Å². The predicted molar refractivity (Wildman–Crippen MR) is 140 cm³/mol. The van der Waals surface area contributed by atoms with Crippen molar-refractivity contribution in [2.24, 2.45) is 0 Å². The molecule has 0 N–H and O–H groups in total. The first-order chi connectivity index (χ1) is 17.8. The minimum absolute atomic E-state index is 0.112. The minimum atomic E-state index is -3.86. The van der Waals surface area contributed by atoms with Gasteiger partial charge in [-0.1, -0.05) is 48.5 Å². The Morgan fingerprint density at radius 3 is 2.24 bits per heavy atom. The molecule has 0 saturated carbocycles. The highest BCUT2D eigenvalue weighted by Crippen LogP contribution is 2.23. The molecule has 190 valence electrons. The van der Waals surface area contributed by atoms with Crippen LogP contribution in [0, 0.1) is 0 Å². The number of esters is 1. The summed E-state index contributed by atoms with van der Waals surface area (Å²) in [6.07, 6.45) is 6.15. The number of aromatic nitrogens is 3. The molecule has 0 amide bonds. The number of sulfonamides is 1. The van der Waals surface area contributed by atoms with Crippen molar-refractivity contribution in [3.8, 4) is 11.4 Å². The zero-order chi connectivity index (χ0) is 26.3. The van der Waals surface area contributed by atoms with E-state index in [9.17, 15) is 13.2 Å².